The first-order valence-corrected chi connectivity index (χ1v) is 4.41. The molecule has 68 valence electrons. The van der Waals surface area contributed by atoms with Crippen molar-refractivity contribution in [3.05, 3.63) is 30.6 Å². The van der Waals surface area contributed by atoms with E-state index in [1.54, 1.807) is 12.4 Å². The Balaban J connectivity index is 0.000000202. The molecule has 0 fully saturated rings. The smallest absolute Gasteiger partial charge is 0.0267 e. The highest BCUT2D eigenvalue weighted by molar-refractivity contribution is 4.88. The van der Waals surface area contributed by atoms with E-state index in [0.717, 1.165) is 12.8 Å². The SMILES string of the molecule is CCC(N)CC.c1ccncc1. The zero-order valence-electron chi connectivity index (χ0n) is 7.90. The minimum atomic E-state index is 0.435. The van der Waals surface area contributed by atoms with Crippen molar-refractivity contribution in [1.29, 1.82) is 0 Å². The van der Waals surface area contributed by atoms with Crippen LogP contribution in [-0.4, -0.2) is 11.0 Å². The van der Waals surface area contributed by atoms with Gasteiger partial charge < -0.3 is 5.73 Å². The van der Waals surface area contributed by atoms with Crippen molar-refractivity contribution in [3.63, 3.8) is 0 Å². The summed E-state index contributed by atoms with van der Waals surface area (Å²) in [6.45, 7) is 4.21. The average molecular weight is 166 g/mol. The van der Waals surface area contributed by atoms with Gasteiger partial charge in [0, 0.05) is 18.4 Å². The molecule has 2 heteroatoms. The number of nitrogens with zero attached hydrogens (tertiary/aromatic N) is 1. The fourth-order valence-electron chi connectivity index (χ4n) is 0.601. The zero-order chi connectivity index (χ0) is 9.23. The van der Waals surface area contributed by atoms with Crippen LogP contribution in [0.15, 0.2) is 30.6 Å². The molecule has 0 aliphatic carbocycles. The minimum absolute atomic E-state index is 0.435. The Morgan fingerprint density at radius 2 is 1.58 bits per heavy atom. The van der Waals surface area contributed by atoms with Crippen molar-refractivity contribution >= 4 is 0 Å². The number of pyridine rings is 1. The predicted molar refractivity (Wildman–Crippen MR) is 52.8 cm³/mol. The maximum atomic E-state index is 5.47. The Morgan fingerprint density at radius 3 is 1.67 bits per heavy atom. The van der Waals surface area contributed by atoms with Crippen LogP contribution >= 0.6 is 0 Å². The summed E-state index contributed by atoms with van der Waals surface area (Å²) in [5.74, 6) is 0. The van der Waals surface area contributed by atoms with E-state index in [4.69, 9.17) is 5.73 Å². The molecule has 0 spiro atoms. The van der Waals surface area contributed by atoms with Crippen LogP contribution in [0.5, 0.6) is 0 Å². The molecule has 0 saturated carbocycles. The van der Waals surface area contributed by atoms with Gasteiger partial charge in [-0.05, 0) is 25.0 Å². The molecular weight excluding hydrogens is 148 g/mol. The van der Waals surface area contributed by atoms with Gasteiger partial charge in [0.1, 0.15) is 0 Å². The molecule has 1 rings (SSSR count). The summed E-state index contributed by atoms with van der Waals surface area (Å²) in [7, 11) is 0. The molecule has 12 heavy (non-hydrogen) atoms. The van der Waals surface area contributed by atoms with E-state index in [1.807, 2.05) is 18.2 Å². The van der Waals surface area contributed by atoms with Crippen LogP contribution in [0.25, 0.3) is 0 Å². The summed E-state index contributed by atoms with van der Waals surface area (Å²) < 4.78 is 0. The van der Waals surface area contributed by atoms with Gasteiger partial charge in [0.2, 0.25) is 0 Å². The number of rotatable bonds is 2. The summed E-state index contributed by atoms with van der Waals surface area (Å²) in [5, 5.41) is 0. The van der Waals surface area contributed by atoms with Gasteiger partial charge in [0.15, 0.2) is 0 Å². The summed E-state index contributed by atoms with van der Waals surface area (Å²) >= 11 is 0. The largest absolute Gasteiger partial charge is 0.328 e. The summed E-state index contributed by atoms with van der Waals surface area (Å²) in [5.41, 5.74) is 5.47. The van der Waals surface area contributed by atoms with Crippen molar-refractivity contribution in [3.8, 4) is 0 Å². The Labute approximate surface area is 74.8 Å². The maximum absolute atomic E-state index is 5.47. The lowest BCUT2D eigenvalue weighted by molar-refractivity contribution is 0.629. The van der Waals surface area contributed by atoms with Crippen LogP contribution in [0.3, 0.4) is 0 Å². The van der Waals surface area contributed by atoms with Crippen LogP contribution in [0, 0.1) is 0 Å². The first-order chi connectivity index (χ1) is 5.81. The van der Waals surface area contributed by atoms with Crippen LogP contribution < -0.4 is 5.73 Å². The fourth-order valence-corrected chi connectivity index (χ4v) is 0.601. The molecule has 1 heterocycles. The zero-order valence-corrected chi connectivity index (χ0v) is 7.90. The van der Waals surface area contributed by atoms with E-state index in [-0.39, 0.29) is 0 Å². The molecule has 0 aliphatic heterocycles. The first-order valence-electron chi connectivity index (χ1n) is 4.41. The Kier molecular flexibility index (Phi) is 7.60. The molecule has 2 N–H and O–H groups in total. The fraction of sp³-hybridized carbons (Fsp3) is 0.500. The third kappa shape index (κ3) is 7.22. The highest BCUT2D eigenvalue weighted by Crippen LogP contribution is 1.88. The summed E-state index contributed by atoms with van der Waals surface area (Å²) in [6.07, 6.45) is 5.72. The Morgan fingerprint density at radius 1 is 1.08 bits per heavy atom. The molecule has 0 aliphatic rings. The van der Waals surface area contributed by atoms with E-state index in [2.05, 4.69) is 18.8 Å². The number of hydrogen-bond donors (Lipinski definition) is 1. The van der Waals surface area contributed by atoms with E-state index in [0.29, 0.717) is 6.04 Å². The molecule has 1 aromatic rings. The van der Waals surface area contributed by atoms with Gasteiger partial charge in [0.25, 0.3) is 0 Å². The topological polar surface area (TPSA) is 38.9 Å². The lowest BCUT2D eigenvalue weighted by Crippen LogP contribution is -2.16. The second kappa shape index (κ2) is 8.21. The van der Waals surface area contributed by atoms with Crippen molar-refractivity contribution in [2.24, 2.45) is 5.73 Å². The summed E-state index contributed by atoms with van der Waals surface area (Å²) in [6, 6.07) is 6.15. The van der Waals surface area contributed by atoms with Crippen molar-refractivity contribution in [1.82, 2.24) is 4.98 Å². The van der Waals surface area contributed by atoms with Crippen molar-refractivity contribution in [2.75, 3.05) is 0 Å². The highest BCUT2D eigenvalue weighted by atomic mass is 14.6. The molecule has 2 nitrogen and oxygen atoms in total. The van der Waals surface area contributed by atoms with Crippen LogP contribution in [0.2, 0.25) is 0 Å². The van der Waals surface area contributed by atoms with Crippen LogP contribution in [-0.2, 0) is 0 Å². The normalized spacial score (nSPS) is 9.00. The second-order valence-corrected chi connectivity index (χ2v) is 2.60. The van der Waals surface area contributed by atoms with Crippen molar-refractivity contribution in [2.45, 2.75) is 32.7 Å². The summed E-state index contributed by atoms with van der Waals surface area (Å²) in [4.78, 5) is 3.78. The Hall–Kier alpha value is -0.890. The molecule has 0 amide bonds. The monoisotopic (exact) mass is 166 g/mol. The van der Waals surface area contributed by atoms with Gasteiger partial charge in [-0.3, -0.25) is 4.98 Å². The molecule has 0 aromatic carbocycles. The molecule has 1 aromatic heterocycles. The van der Waals surface area contributed by atoms with Gasteiger partial charge in [-0.1, -0.05) is 19.9 Å². The van der Waals surface area contributed by atoms with Gasteiger partial charge in [-0.25, -0.2) is 0 Å². The highest BCUT2D eigenvalue weighted by Gasteiger charge is 1.88. The lowest BCUT2D eigenvalue weighted by Gasteiger charge is -1.99. The standard InChI is InChI=1S/C5H5N.C5H13N/c1-2-4-6-5-3-1;1-3-5(6)4-2/h1-5H;5H,3-4,6H2,1-2H3. The molecule has 0 unspecified atom stereocenters. The molecule has 0 bridgehead atoms. The van der Waals surface area contributed by atoms with Crippen molar-refractivity contribution < 1.29 is 0 Å². The number of aromatic nitrogens is 1. The van der Waals surface area contributed by atoms with Gasteiger partial charge in [-0.15, -0.1) is 0 Å². The predicted octanol–water partition coefficient (Wildman–Crippen LogP) is 2.22. The molecular formula is C10H18N2. The Bertz CT molecular complexity index is 132. The van der Waals surface area contributed by atoms with Gasteiger partial charge in [-0.2, -0.15) is 0 Å². The second-order valence-electron chi connectivity index (χ2n) is 2.60. The maximum Gasteiger partial charge on any atom is 0.0267 e. The van der Waals surface area contributed by atoms with E-state index in [1.165, 1.54) is 0 Å². The lowest BCUT2D eigenvalue weighted by atomic mass is 10.2. The third-order valence-corrected chi connectivity index (χ3v) is 1.62. The number of hydrogen-bond acceptors (Lipinski definition) is 2. The van der Waals surface area contributed by atoms with Crippen LogP contribution in [0.4, 0.5) is 0 Å². The van der Waals surface area contributed by atoms with Gasteiger partial charge in [0.05, 0.1) is 0 Å². The van der Waals surface area contributed by atoms with Gasteiger partial charge >= 0.3 is 0 Å². The van der Waals surface area contributed by atoms with E-state index < -0.39 is 0 Å². The van der Waals surface area contributed by atoms with E-state index >= 15 is 0 Å². The molecule has 0 saturated heterocycles. The van der Waals surface area contributed by atoms with E-state index in [9.17, 15) is 0 Å². The van der Waals surface area contributed by atoms with Crippen LogP contribution in [0.1, 0.15) is 26.7 Å². The number of nitrogens with two attached hydrogens (primary N) is 1. The first kappa shape index (κ1) is 11.1. The quantitative estimate of drug-likeness (QED) is 0.731. The minimum Gasteiger partial charge on any atom is -0.328 e. The molecule has 0 atom stereocenters. The molecule has 0 radical (unpaired) electrons. The third-order valence-electron chi connectivity index (χ3n) is 1.62. The average Bonchev–Trinajstić information content (AvgIpc) is 2.20.